The quantitative estimate of drug-likeness (QED) is 0.798. The number of anilines is 1. The van der Waals surface area contributed by atoms with Crippen LogP contribution < -0.4 is 10.6 Å². The lowest BCUT2D eigenvalue weighted by molar-refractivity contribution is -0.135. The maximum absolute atomic E-state index is 13.5. The molecule has 1 rings (SSSR count). The molecular formula is C11H13FN2O3. The number of rotatable bonds is 5. The van der Waals surface area contributed by atoms with E-state index < -0.39 is 17.7 Å². The van der Waals surface area contributed by atoms with Gasteiger partial charge in [-0.2, -0.15) is 0 Å². The van der Waals surface area contributed by atoms with E-state index in [0.29, 0.717) is 6.54 Å². The fraction of sp³-hybridized carbons (Fsp3) is 0.273. The number of amides is 1. The van der Waals surface area contributed by atoms with Crippen molar-refractivity contribution in [2.45, 2.75) is 6.92 Å². The molecule has 0 aromatic heterocycles. The number of hydrogen-bond acceptors (Lipinski definition) is 3. The molecule has 0 spiro atoms. The van der Waals surface area contributed by atoms with Gasteiger partial charge in [-0.3, -0.25) is 9.59 Å². The third-order valence-electron chi connectivity index (χ3n) is 2.29. The van der Waals surface area contributed by atoms with Gasteiger partial charge in [0.05, 0.1) is 11.3 Å². The standard InChI is InChI=1S/C11H13FN2O3/c1-2-14(6-9(15)16)8-5-3-4-7(12)10(8)11(13)17/h3-5H,2,6H2,1H3,(H2,13,17)(H,15,16). The lowest BCUT2D eigenvalue weighted by atomic mass is 10.1. The summed E-state index contributed by atoms with van der Waals surface area (Å²) in [5.74, 6) is -2.73. The Morgan fingerprint density at radius 3 is 2.59 bits per heavy atom. The van der Waals surface area contributed by atoms with E-state index in [2.05, 4.69) is 0 Å². The Morgan fingerprint density at radius 2 is 2.12 bits per heavy atom. The van der Waals surface area contributed by atoms with Gasteiger partial charge in [-0.25, -0.2) is 4.39 Å². The molecule has 0 aliphatic rings. The third kappa shape index (κ3) is 2.93. The summed E-state index contributed by atoms with van der Waals surface area (Å²) in [5, 5.41) is 8.72. The van der Waals surface area contributed by atoms with Gasteiger partial charge in [0.25, 0.3) is 5.91 Å². The first kappa shape index (κ1) is 13.0. The highest BCUT2D eigenvalue weighted by molar-refractivity contribution is 5.99. The number of carboxylic acid groups (broad SMARTS) is 1. The molecule has 0 atom stereocenters. The molecule has 1 amide bonds. The van der Waals surface area contributed by atoms with Gasteiger partial charge >= 0.3 is 5.97 Å². The second kappa shape index (κ2) is 5.29. The molecule has 1 aromatic rings. The van der Waals surface area contributed by atoms with Gasteiger partial charge in [-0.05, 0) is 19.1 Å². The number of carbonyl (C=O) groups excluding carboxylic acids is 1. The predicted octanol–water partition coefficient (Wildman–Crippen LogP) is 0.835. The molecule has 1 aromatic carbocycles. The van der Waals surface area contributed by atoms with Gasteiger partial charge in [0.2, 0.25) is 0 Å². The third-order valence-corrected chi connectivity index (χ3v) is 2.29. The summed E-state index contributed by atoms with van der Waals surface area (Å²) in [7, 11) is 0. The minimum Gasteiger partial charge on any atom is -0.480 e. The first-order valence-corrected chi connectivity index (χ1v) is 5.02. The van der Waals surface area contributed by atoms with Crippen LogP contribution >= 0.6 is 0 Å². The molecule has 0 aliphatic carbocycles. The fourth-order valence-corrected chi connectivity index (χ4v) is 1.55. The van der Waals surface area contributed by atoms with E-state index >= 15 is 0 Å². The molecule has 0 fully saturated rings. The Bertz CT molecular complexity index is 448. The Hall–Kier alpha value is -2.11. The Labute approximate surface area is 97.6 Å². The molecule has 0 heterocycles. The van der Waals surface area contributed by atoms with Crippen LogP contribution in [0.4, 0.5) is 10.1 Å². The number of nitrogens with two attached hydrogens (primary N) is 1. The van der Waals surface area contributed by atoms with E-state index in [-0.39, 0.29) is 17.8 Å². The number of carboxylic acids is 1. The molecule has 5 nitrogen and oxygen atoms in total. The second-order valence-corrected chi connectivity index (χ2v) is 3.41. The average molecular weight is 240 g/mol. The van der Waals surface area contributed by atoms with Crippen LogP contribution in [0.15, 0.2) is 18.2 Å². The number of halogens is 1. The van der Waals surface area contributed by atoms with Crippen molar-refractivity contribution in [3.63, 3.8) is 0 Å². The Morgan fingerprint density at radius 1 is 1.47 bits per heavy atom. The molecule has 0 unspecified atom stereocenters. The summed E-state index contributed by atoms with van der Waals surface area (Å²) in [6.07, 6.45) is 0. The molecule has 0 aliphatic heterocycles. The highest BCUT2D eigenvalue weighted by Gasteiger charge is 2.19. The summed E-state index contributed by atoms with van der Waals surface area (Å²) < 4.78 is 13.5. The number of primary amides is 1. The summed E-state index contributed by atoms with van der Waals surface area (Å²) in [5.41, 5.74) is 5.00. The molecule has 0 bridgehead atoms. The van der Waals surface area contributed by atoms with Crippen molar-refractivity contribution >= 4 is 17.6 Å². The topological polar surface area (TPSA) is 83.6 Å². The monoisotopic (exact) mass is 240 g/mol. The fourth-order valence-electron chi connectivity index (χ4n) is 1.55. The lowest BCUT2D eigenvalue weighted by Gasteiger charge is -2.23. The minimum absolute atomic E-state index is 0.197. The largest absolute Gasteiger partial charge is 0.480 e. The van der Waals surface area contributed by atoms with Crippen LogP contribution in [0.5, 0.6) is 0 Å². The summed E-state index contributed by atoms with van der Waals surface area (Å²) >= 11 is 0. The van der Waals surface area contributed by atoms with E-state index in [1.165, 1.54) is 17.0 Å². The van der Waals surface area contributed by atoms with Gasteiger partial charge in [0.1, 0.15) is 12.4 Å². The van der Waals surface area contributed by atoms with Crippen LogP contribution in [0.25, 0.3) is 0 Å². The first-order valence-electron chi connectivity index (χ1n) is 5.02. The minimum atomic E-state index is -1.06. The molecule has 0 radical (unpaired) electrons. The Balaban J connectivity index is 3.23. The highest BCUT2D eigenvalue weighted by atomic mass is 19.1. The summed E-state index contributed by atoms with van der Waals surface area (Å²) in [4.78, 5) is 23.2. The van der Waals surface area contributed by atoms with Crippen molar-refractivity contribution in [2.24, 2.45) is 5.73 Å². The molecule has 0 saturated heterocycles. The normalized spacial score (nSPS) is 10.0. The van der Waals surface area contributed by atoms with Gasteiger partial charge in [-0.15, -0.1) is 0 Å². The van der Waals surface area contributed by atoms with E-state index in [1.54, 1.807) is 6.92 Å². The van der Waals surface area contributed by atoms with Crippen LogP contribution in [0, 0.1) is 5.82 Å². The summed E-state index contributed by atoms with van der Waals surface area (Å²) in [6.45, 7) is 1.72. The van der Waals surface area contributed by atoms with Crippen molar-refractivity contribution in [1.29, 1.82) is 0 Å². The van der Waals surface area contributed by atoms with Crippen LogP contribution in [0.1, 0.15) is 17.3 Å². The zero-order valence-corrected chi connectivity index (χ0v) is 9.31. The molecule has 17 heavy (non-hydrogen) atoms. The first-order chi connectivity index (χ1) is 7.97. The van der Waals surface area contributed by atoms with Crippen LogP contribution in [0.2, 0.25) is 0 Å². The van der Waals surface area contributed by atoms with Gasteiger partial charge in [-0.1, -0.05) is 6.07 Å². The number of likely N-dealkylation sites (N-methyl/N-ethyl adjacent to an activating group) is 1. The van der Waals surface area contributed by atoms with Crippen molar-refractivity contribution in [3.8, 4) is 0 Å². The van der Waals surface area contributed by atoms with E-state index in [1.807, 2.05) is 0 Å². The number of aliphatic carboxylic acids is 1. The average Bonchev–Trinajstić information content (AvgIpc) is 2.24. The SMILES string of the molecule is CCN(CC(=O)O)c1cccc(F)c1C(N)=O. The number of nitrogens with zero attached hydrogens (tertiary/aromatic N) is 1. The van der Waals surface area contributed by atoms with Crippen molar-refractivity contribution in [3.05, 3.63) is 29.6 Å². The number of hydrogen-bond donors (Lipinski definition) is 2. The van der Waals surface area contributed by atoms with Crippen molar-refractivity contribution in [1.82, 2.24) is 0 Å². The molecular weight excluding hydrogens is 227 g/mol. The zero-order chi connectivity index (χ0) is 13.0. The van der Waals surface area contributed by atoms with Crippen LogP contribution in [0.3, 0.4) is 0 Å². The van der Waals surface area contributed by atoms with Crippen molar-refractivity contribution in [2.75, 3.05) is 18.0 Å². The number of benzene rings is 1. The maximum Gasteiger partial charge on any atom is 0.323 e. The molecule has 6 heteroatoms. The van der Waals surface area contributed by atoms with Gasteiger partial charge < -0.3 is 15.7 Å². The maximum atomic E-state index is 13.5. The summed E-state index contributed by atoms with van der Waals surface area (Å²) in [6, 6.07) is 3.98. The zero-order valence-electron chi connectivity index (χ0n) is 9.31. The molecule has 0 saturated carbocycles. The van der Waals surface area contributed by atoms with Gasteiger partial charge in [0.15, 0.2) is 0 Å². The van der Waals surface area contributed by atoms with Crippen LogP contribution in [-0.4, -0.2) is 30.1 Å². The second-order valence-electron chi connectivity index (χ2n) is 3.41. The van der Waals surface area contributed by atoms with E-state index in [0.717, 1.165) is 6.07 Å². The van der Waals surface area contributed by atoms with Gasteiger partial charge in [0, 0.05) is 6.54 Å². The molecule has 92 valence electrons. The molecule has 3 N–H and O–H groups in total. The van der Waals surface area contributed by atoms with E-state index in [4.69, 9.17) is 10.8 Å². The van der Waals surface area contributed by atoms with E-state index in [9.17, 15) is 14.0 Å². The predicted molar refractivity (Wildman–Crippen MR) is 60.4 cm³/mol. The van der Waals surface area contributed by atoms with Crippen molar-refractivity contribution < 1.29 is 19.1 Å². The smallest absolute Gasteiger partial charge is 0.323 e. The van der Waals surface area contributed by atoms with Crippen LogP contribution in [-0.2, 0) is 4.79 Å². The lowest BCUT2D eigenvalue weighted by Crippen LogP contribution is -2.31. The number of carbonyl (C=O) groups is 2. The Kier molecular flexibility index (Phi) is 4.03. The highest BCUT2D eigenvalue weighted by Crippen LogP contribution is 2.22.